The van der Waals surface area contributed by atoms with E-state index in [2.05, 4.69) is 17.1 Å². The molecule has 1 fully saturated rings. The molecule has 1 N–H and O–H groups in total. The number of carbonyl (C=O) groups is 1. The van der Waals surface area contributed by atoms with Crippen molar-refractivity contribution >= 4 is 11.6 Å². The first-order valence-electron chi connectivity index (χ1n) is 8.06. The summed E-state index contributed by atoms with van der Waals surface area (Å²) in [4.78, 5) is 25.4. The lowest BCUT2D eigenvalue weighted by atomic mass is 10.1. The summed E-state index contributed by atoms with van der Waals surface area (Å²) in [5.41, 5.74) is 0.948. The van der Waals surface area contributed by atoms with E-state index in [1.807, 2.05) is 0 Å². The molecule has 1 atom stereocenters. The molecule has 1 saturated heterocycles. The Hall–Kier alpha value is -2.15. The summed E-state index contributed by atoms with van der Waals surface area (Å²) < 4.78 is 5.51. The molecule has 0 aliphatic carbocycles. The number of nitro groups is 1. The predicted molar refractivity (Wildman–Crippen MR) is 84.9 cm³/mol. The summed E-state index contributed by atoms with van der Waals surface area (Å²) in [6.07, 6.45) is 2.81. The molecule has 1 amide bonds. The molecule has 1 unspecified atom stereocenters. The van der Waals surface area contributed by atoms with Gasteiger partial charge in [0.05, 0.1) is 17.1 Å². The lowest BCUT2D eigenvalue weighted by molar-refractivity contribution is -0.384. The molecule has 7 heteroatoms. The van der Waals surface area contributed by atoms with Crippen LogP contribution in [0.5, 0.6) is 5.75 Å². The number of rotatable bonds is 5. The Bertz CT molecular complexity index is 632. The van der Waals surface area contributed by atoms with Crippen LogP contribution in [-0.2, 0) is 6.42 Å². The Morgan fingerprint density at radius 3 is 3.09 bits per heavy atom. The highest BCUT2D eigenvalue weighted by molar-refractivity contribution is 5.98. The normalized spacial score (nSPS) is 20.1. The van der Waals surface area contributed by atoms with Gasteiger partial charge in [0.1, 0.15) is 5.75 Å². The molecule has 0 saturated carbocycles. The van der Waals surface area contributed by atoms with E-state index in [4.69, 9.17) is 4.74 Å². The summed E-state index contributed by atoms with van der Waals surface area (Å²) >= 11 is 0. The van der Waals surface area contributed by atoms with Crippen LogP contribution >= 0.6 is 0 Å². The zero-order valence-electron chi connectivity index (χ0n) is 13.2. The zero-order chi connectivity index (χ0) is 16.4. The minimum atomic E-state index is -0.467. The van der Waals surface area contributed by atoms with E-state index in [-0.39, 0.29) is 17.2 Å². The van der Waals surface area contributed by atoms with Crippen molar-refractivity contribution in [1.82, 2.24) is 10.2 Å². The third kappa shape index (κ3) is 3.14. The van der Waals surface area contributed by atoms with Gasteiger partial charge >= 0.3 is 0 Å². The minimum Gasteiger partial charge on any atom is -0.492 e. The molecule has 2 aliphatic heterocycles. The molecule has 0 spiro atoms. The average molecular weight is 319 g/mol. The number of ether oxygens (including phenoxy) is 1. The number of likely N-dealkylation sites (tertiary alicyclic amines) is 1. The Balaban J connectivity index is 1.75. The van der Waals surface area contributed by atoms with Crippen LogP contribution in [0.2, 0.25) is 0 Å². The van der Waals surface area contributed by atoms with Crippen molar-refractivity contribution in [1.29, 1.82) is 0 Å². The van der Waals surface area contributed by atoms with E-state index in [1.54, 1.807) is 0 Å². The van der Waals surface area contributed by atoms with E-state index >= 15 is 0 Å². The Morgan fingerprint density at radius 1 is 1.52 bits per heavy atom. The van der Waals surface area contributed by atoms with E-state index in [9.17, 15) is 14.9 Å². The third-order valence-electron chi connectivity index (χ3n) is 4.63. The molecule has 0 aromatic heterocycles. The smallest absolute Gasteiger partial charge is 0.270 e. The molecule has 2 heterocycles. The average Bonchev–Trinajstić information content (AvgIpc) is 3.19. The predicted octanol–water partition coefficient (Wildman–Crippen LogP) is 1.74. The number of hydrogen-bond donors (Lipinski definition) is 1. The molecule has 23 heavy (non-hydrogen) atoms. The Kier molecular flexibility index (Phi) is 4.47. The number of carbonyl (C=O) groups excluding carboxylic acids is 1. The standard InChI is InChI=1S/C16H21N3O4/c1-2-18-6-3-4-12(18)10-17-16(20)14-9-13(19(21)22)8-11-5-7-23-15(11)14/h8-9,12H,2-7,10H2,1H3,(H,17,20). The number of nitro benzene ring substituents is 1. The van der Waals surface area contributed by atoms with Crippen molar-refractivity contribution in [3.63, 3.8) is 0 Å². The van der Waals surface area contributed by atoms with Crippen molar-refractivity contribution in [3.05, 3.63) is 33.4 Å². The van der Waals surface area contributed by atoms with Crippen LogP contribution in [0.3, 0.4) is 0 Å². The summed E-state index contributed by atoms with van der Waals surface area (Å²) in [5.74, 6) is 0.196. The highest BCUT2D eigenvalue weighted by Gasteiger charge is 2.27. The number of fused-ring (bicyclic) bond motifs is 1. The molecule has 3 rings (SSSR count). The number of likely N-dealkylation sites (N-methyl/N-ethyl adjacent to an activating group) is 1. The highest BCUT2D eigenvalue weighted by Crippen LogP contribution is 2.33. The maximum Gasteiger partial charge on any atom is 0.270 e. The number of hydrogen-bond acceptors (Lipinski definition) is 5. The lowest BCUT2D eigenvalue weighted by Crippen LogP contribution is -2.40. The second-order valence-electron chi connectivity index (χ2n) is 5.97. The van der Waals surface area contributed by atoms with Crippen molar-refractivity contribution in [2.45, 2.75) is 32.2 Å². The lowest BCUT2D eigenvalue weighted by Gasteiger charge is -2.23. The van der Waals surface area contributed by atoms with Gasteiger partial charge in [0.2, 0.25) is 0 Å². The Labute approximate surface area is 134 Å². The van der Waals surface area contributed by atoms with Crippen LogP contribution in [0.1, 0.15) is 35.7 Å². The number of nitrogens with zero attached hydrogens (tertiary/aromatic N) is 2. The van der Waals surface area contributed by atoms with E-state index in [1.165, 1.54) is 12.1 Å². The highest BCUT2D eigenvalue weighted by atomic mass is 16.6. The van der Waals surface area contributed by atoms with Crippen LogP contribution in [0.25, 0.3) is 0 Å². The molecule has 7 nitrogen and oxygen atoms in total. The fourth-order valence-corrected chi connectivity index (χ4v) is 3.41. The van der Waals surface area contributed by atoms with Gasteiger partial charge < -0.3 is 10.1 Å². The first-order valence-corrected chi connectivity index (χ1v) is 8.06. The number of non-ortho nitro benzene ring substituents is 1. The van der Waals surface area contributed by atoms with Crippen molar-refractivity contribution < 1.29 is 14.5 Å². The molecular formula is C16H21N3O4. The minimum absolute atomic E-state index is 0.0598. The summed E-state index contributed by atoms with van der Waals surface area (Å²) in [6, 6.07) is 3.15. The van der Waals surface area contributed by atoms with Gasteiger partial charge in [-0.2, -0.15) is 0 Å². The largest absolute Gasteiger partial charge is 0.492 e. The van der Waals surface area contributed by atoms with E-state index < -0.39 is 4.92 Å². The molecule has 1 aromatic rings. The van der Waals surface area contributed by atoms with Gasteiger partial charge in [-0.05, 0) is 25.9 Å². The first kappa shape index (κ1) is 15.7. The van der Waals surface area contributed by atoms with Crippen LogP contribution < -0.4 is 10.1 Å². The van der Waals surface area contributed by atoms with Crippen LogP contribution in [0, 0.1) is 10.1 Å². The molecule has 0 bridgehead atoms. The quantitative estimate of drug-likeness (QED) is 0.660. The molecule has 0 radical (unpaired) electrons. The van der Waals surface area contributed by atoms with Crippen molar-refractivity contribution in [3.8, 4) is 5.75 Å². The maximum atomic E-state index is 12.5. The fraction of sp³-hybridized carbons (Fsp3) is 0.562. The number of amides is 1. The maximum absolute atomic E-state index is 12.5. The van der Waals surface area contributed by atoms with Crippen LogP contribution in [0.15, 0.2) is 12.1 Å². The Morgan fingerprint density at radius 2 is 2.35 bits per heavy atom. The summed E-state index contributed by atoms with van der Waals surface area (Å²) in [5, 5.41) is 14.0. The SMILES string of the molecule is CCN1CCCC1CNC(=O)c1cc([N+](=O)[O-])cc2c1OCC2. The van der Waals surface area contributed by atoms with Crippen LogP contribution in [-0.4, -0.2) is 48.0 Å². The molecular weight excluding hydrogens is 298 g/mol. The second-order valence-corrected chi connectivity index (χ2v) is 5.97. The topological polar surface area (TPSA) is 84.7 Å². The van der Waals surface area contributed by atoms with Crippen molar-refractivity contribution in [2.24, 2.45) is 0 Å². The zero-order valence-corrected chi connectivity index (χ0v) is 13.2. The van der Waals surface area contributed by atoms with Crippen LogP contribution in [0.4, 0.5) is 5.69 Å². The van der Waals surface area contributed by atoms with Gasteiger partial charge in [0.15, 0.2) is 0 Å². The van der Waals surface area contributed by atoms with Crippen molar-refractivity contribution in [2.75, 3.05) is 26.2 Å². The summed E-state index contributed by atoms with van der Waals surface area (Å²) in [6.45, 7) is 5.16. The molecule has 124 valence electrons. The van der Waals surface area contributed by atoms with Gasteiger partial charge in [-0.15, -0.1) is 0 Å². The van der Waals surface area contributed by atoms with E-state index in [0.29, 0.717) is 31.4 Å². The molecule has 1 aromatic carbocycles. The van der Waals surface area contributed by atoms with E-state index in [0.717, 1.165) is 31.5 Å². The fourth-order valence-electron chi connectivity index (χ4n) is 3.41. The van der Waals surface area contributed by atoms with Gasteiger partial charge in [-0.1, -0.05) is 6.92 Å². The number of benzene rings is 1. The molecule has 2 aliphatic rings. The summed E-state index contributed by atoms with van der Waals surface area (Å²) in [7, 11) is 0. The number of nitrogens with one attached hydrogen (secondary N) is 1. The van der Waals surface area contributed by atoms with Gasteiger partial charge in [0.25, 0.3) is 11.6 Å². The first-order chi connectivity index (χ1) is 11.1. The van der Waals surface area contributed by atoms with Gasteiger partial charge in [-0.3, -0.25) is 19.8 Å². The second kappa shape index (κ2) is 6.54. The monoisotopic (exact) mass is 319 g/mol. The van der Waals surface area contributed by atoms with Gasteiger partial charge in [-0.25, -0.2) is 0 Å². The third-order valence-corrected chi connectivity index (χ3v) is 4.63. The van der Waals surface area contributed by atoms with Gasteiger partial charge in [0, 0.05) is 36.7 Å².